The van der Waals surface area contributed by atoms with E-state index in [0.29, 0.717) is 19.6 Å². The number of ether oxygens (including phenoxy) is 2. The molecule has 0 aliphatic carbocycles. The number of morpholine rings is 1. The Morgan fingerprint density at radius 3 is 3.06 bits per heavy atom. The Labute approximate surface area is 106 Å². The number of rotatable bonds is 4. The van der Waals surface area contributed by atoms with Crippen molar-refractivity contribution in [3.63, 3.8) is 0 Å². The number of hydrogen-bond acceptors (Lipinski definition) is 4. The van der Waals surface area contributed by atoms with Gasteiger partial charge in [0.2, 0.25) is 11.8 Å². The summed E-state index contributed by atoms with van der Waals surface area (Å²) in [7, 11) is 1.49. The molecule has 0 bridgehead atoms. The van der Waals surface area contributed by atoms with Crippen LogP contribution in [0.3, 0.4) is 0 Å². The Morgan fingerprint density at radius 2 is 2.39 bits per heavy atom. The number of hydrogen-bond donors (Lipinski definition) is 0. The van der Waals surface area contributed by atoms with Crippen LogP contribution in [0.4, 0.5) is 0 Å². The quantitative estimate of drug-likeness (QED) is 0.620. The van der Waals surface area contributed by atoms with Gasteiger partial charge in [0.15, 0.2) is 0 Å². The first-order valence-corrected chi connectivity index (χ1v) is 5.96. The Morgan fingerprint density at radius 1 is 1.61 bits per heavy atom. The molecule has 2 rings (SSSR count). The van der Waals surface area contributed by atoms with Gasteiger partial charge in [0.25, 0.3) is 0 Å². The number of amides is 2. The van der Waals surface area contributed by atoms with Crippen molar-refractivity contribution in [1.82, 2.24) is 9.80 Å². The molecule has 0 aromatic carbocycles. The summed E-state index contributed by atoms with van der Waals surface area (Å²) in [6.07, 6.45) is 1.60. The normalized spacial score (nSPS) is 27.3. The minimum atomic E-state index is -0.0940. The Balaban J connectivity index is 2.04. The van der Waals surface area contributed by atoms with Gasteiger partial charge >= 0.3 is 0 Å². The smallest absolute Gasteiger partial charge is 0.249 e. The van der Waals surface area contributed by atoms with Gasteiger partial charge in [-0.3, -0.25) is 9.59 Å². The summed E-state index contributed by atoms with van der Waals surface area (Å²) in [5.74, 6) is -0.112. The summed E-state index contributed by atoms with van der Waals surface area (Å²) in [5, 5.41) is 0. The number of nitrogens with zero attached hydrogens (tertiary/aromatic N) is 2. The van der Waals surface area contributed by atoms with E-state index in [0.717, 1.165) is 0 Å². The van der Waals surface area contributed by atoms with Crippen LogP contribution >= 0.6 is 0 Å². The monoisotopic (exact) mass is 254 g/mol. The molecule has 2 aliphatic rings. The Kier molecular flexibility index (Phi) is 3.98. The number of carbonyl (C=O) groups is 2. The van der Waals surface area contributed by atoms with E-state index in [-0.39, 0.29) is 37.2 Å². The standard InChI is InChI=1S/C12H18N2O4/c1-3-4-14-9-5-13(11(15)7-17-2)6-10(9)18-8-12(14)16/h3,9-10H,1,4-8H2,2H3/t9-,10-/m1/s1. The van der Waals surface area contributed by atoms with E-state index in [4.69, 9.17) is 9.47 Å². The first kappa shape index (κ1) is 13.0. The highest BCUT2D eigenvalue weighted by Gasteiger charge is 2.43. The lowest BCUT2D eigenvalue weighted by Crippen LogP contribution is -2.53. The van der Waals surface area contributed by atoms with E-state index in [2.05, 4.69) is 6.58 Å². The lowest BCUT2D eigenvalue weighted by molar-refractivity contribution is -0.151. The van der Waals surface area contributed by atoms with Crippen LogP contribution in [-0.4, -0.2) is 73.7 Å². The second kappa shape index (κ2) is 5.49. The molecule has 100 valence electrons. The van der Waals surface area contributed by atoms with Gasteiger partial charge in [-0.05, 0) is 0 Å². The zero-order valence-corrected chi connectivity index (χ0v) is 10.5. The molecule has 2 atom stereocenters. The maximum absolute atomic E-state index is 11.8. The summed E-state index contributed by atoms with van der Waals surface area (Å²) >= 11 is 0. The fourth-order valence-electron chi connectivity index (χ4n) is 2.46. The molecule has 18 heavy (non-hydrogen) atoms. The second-order valence-corrected chi connectivity index (χ2v) is 4.48. The molecule has 6 nitrogen and oxygen atoms in total. The van der Waals surface area contributed by atoms with Crippen LogP contribution in [0.1, 0.15) is 0 Å². The first-order chi connectivity index (χ1) is 8.67. The molecule has 6 heteroatoms. The molecule has 0 aromatic rings. The summed E-state index contributed by atoms with van der Waals surface area (Å²) in [5.41, 5.74) is 0. The second-order valence-electron chi connectivity index (χ2n) is 4.48. The van der Waals surface area contributed by atoms with Crippen molar-refractivity contribution < 1.29 is 19.1 Å². The zero-order valence-electron chi connectivity index (χ0n) is 10.5. The van der Waals surface area contributed by atoms with Crippen molar-refractivity contribution in [2.24, 2.45) is 0 Å². The first-order valence-electron chi connectivity index (χ1n) is 5.96. The minimum absolute atomic E-state index is 0.0443. The third-order valence-electron chi connectivity index (χ3n) is 3.32. The van der Waals surface area contributed by atoms with E-state index in [9.17, 15) is 9.59 Å². The predicted molar refractivity (Wildman–Crippen MR) is 63.9 cm³/mol. The van der Waals surface area contributed by atoms with Crippen LogP contribution in [-0.2, 0) is 19.1 Å². The molecule has 0 aromatic heterocycles. The van der Waals surface area contributed by atoms with Gasteiger partial charge < -0.3 is 19.3 Å². The number of fused-ring (bicyclic) bond motifs is 1. The molecular weight excluding hydrogens is 236 g/mol. The van der Waals surface area contributed by atoms with Crippen LogP contribution in [0.5, 0.6) is 0 Å². The molecule has 0 saturated carbocycles. The third-order valence-corrected chi connectivity index (χ3v) is 3.32. The van der Waals surface area contributed by atoms with E-state index in [1.54, 1.807) is 15.9 Å². The summed E-state index contributed by atoms with van der Waals surface area (Å²) in [4.78, 5) is 26.9. The Bertz CT molecular complexity index is 358. The van der Waals surface area contributed by atoms with Crippen LogP contribution in [0, 0.1) is 0 Å². The maximum atomic E-state index is 11.8. The van der Waals surface area contributed by atoms with Gasteiger partial charge in [0.05, 0.1) is 12.1 Å². The lowest BCUT2D eigenvalue weighted by Gasteiger charge is -2.35. The van der Waals surface area contributed by atoms with Gasteiger partial charge in [-0.2, -0.15) is 0 Å². The molecule has 0 spiro atoms. The van der Waals surface area contributed by atoms with Gasteiger partial charge in [-0.25, -0.2) is 0 Å². The highest BCUT2D eigenvalue weighted by atomic mass is 16.5. The molecule has 0 radical (unpaired) electrons. The maximum Gasteiger partial charge on any atom is 0.249 e. The number of likely N-dealkylation sites (tertiary alicyclic amines) is 1. The topological polar surface area (TPSA) is 59.1 Å². The predicted octanol–water partition coefficient (Wildman–Crippen LogP) is -0.743. The third kappa shape index (κ3) is 2.39. The van der Waals surface area contributed by atoms with Crippen molar-refractivity contribution in [2.45, 2.75) is 12.1 Å². The zero-order chi connectivity index (χ0) is 13.1. The summed E-state index contributed by atoms with van der Waals surface area (Å²) in [6, 6.07) is -0.0648. The lowest BCUT2D eigenvalue weighted by atomic mass is 10.1. The molecule has 0 unspecified atom stereocenters. The number of carbonyl (C=O) groups excluding carboxylic acids is 2. The van der Waals surface area contributed by atoms with Gasteiger partial charge in [-0.15, -0.1) is 6.58 Å². The average molecular weight is 254 g/mol. The van der Waals surface area contributed by atoms with Crippen LogP contribution in [0.25, 0.3) is 0 Å². The van der Waals surface area contributed by atoms with E-state index in [1.165, 1.54) is 7.11 Å². The van der Waals surface area contributed by atoms with Crippen LogP contribution in [0.15, 0.2) is 12.7 Å². The van der Waals surface area contributed by atoms with Crippen molar-refractivity contribution in [3.05, 3.63) is 12.7 Å². The van der Waals surface area contributed by atoms with E-state index >= 15 is 0 Å². The highest BCUT2D eigenvalue weighted by Crippen LogP contribution is 2.23. The number of methoxy groups -OCH3 is 1. The molecule has 2 saturated heterocycles. The van der Waals surface area contributed by atoms with Gasteiger partial charge in [-0.1, -0.05) is 6.08 Å². The molecule has 2 aliphatic heterocycles. The average Bonchev–Trinajstić information content (AvgIpc) is 2.77. The highest BCUT2D eigenvalue weighted by molar-refractivity contribution is 5.80. The fraction of sp³-hybridized carbons (Fsp3) is 0.667. The Hall–Kier alpha value is -1.40. The van der Waals surface area contributed by atoms with Crippen LogP contribution in [0.2, 0.25) is 0 Å². The SMILES string of the molecule is C=CCN1C(=O)CO[C@@H]2CN(C(=O)COC)C[C@H]21. The summed E-state index contributed by atoms with van der Waals surface area (Å²) in [6.45, 7) is 5.32. The minimum Gasteiger partial charge on any atom is -0.375 e. The van der Waals surface area contributed by atoms with E-state index in [1.807, 2.05) is 0 Å². The van der Waals surface area contributed by atoms with Crippen molar-refractivity contribution in [1.29, 1.82) is 0 Å². The van der Waals surface area contributed by atoms with Crippen molar-refractivity contribution in [2.75, 3.05) is 40.0 Å². The van der Waals surface area contributed by atoms with Crippen molar-refractivity contribution >= 4 is 11.8 Å². The molecule has 2 heterocycles. The largest absolute Gasteiger partial charge is 0.375 e. The fourth-order valence-corrected chi connectivity index (χ4v) is 2.46. The van der Waals surface area contributed by atoms with Gasteiger partial charge in [0, 0.05) is 26.7 Å². The van der Waals surface area contributed by atoms with Crippen molar-refractivity contribution in [3.8, 4) is 0 Å². The van der Waals surface area contributed by atoms with Crippen LogP contribution < -0.4 is 0 Å². The summed E-state index contributed by atoms with van der Waals surface area (Å²) < 4.78 is 10.3. The molecular formula is C12H18N2O4. The molecule has 0 N–H and O–H groups in total. The molecule has 2 amide bonds. The van der Waals surface area contributed by atoms with Gasteiger partial charge in [0.1, 0.15) is 13.2 Å². The van der Waals surface area contributed by atoms with E-state index < -0.39 is 0 Å². The molecule has 2 fully saturated rings.